The summed E-state index contributed by atoms with van der Waals surface area (Å²) in [6, 6.07) is 12.1. The number of nitrogens with zero attached hydrogens (tertiary/aromatic N) is 1. The van der Waals surface area contributed by atoms with Gasteiger partial charge in [-0.2, -0.15) is 0 Å². The summed E-state index contributed by atoms with van der Waals surface area (Å²) in [6.07, 6.45) is 4.76. The summed E-state index contributed by atoms with van der Waals surface area (Å²) in [6.45, 7) is 2.37. The number of hydrogen-bond donors (Lipinski definition) is 2. The van der Waals surface area contributed by atoms with Crippen molar-refractivity contribution in [2.45, 2.75) is 43.7 Å². The molecule has 114 valence electrons. The van der Waals surface area contributed by atoms with E-state index in [4.69, 9.17) is 5.73 Å². The van der Waals surface area contributed by atoms with Crippen LogP contribution in [0.25, 0.3) is 0 Å². The van der Waals surface area contributed by atoms with Crippen LogP contribution in [0, 0.1) is 0 Å². The van der Waals surface area contributed by atoms with Crippen LogP contribution in [0.2, 0.25) is 0 Å². The second-order valence-corrected chi connectivity index (χ2v) is 6.46. The van der Waals surface area contributed by atoms with E-state index in [9.17, 15) is 4.79 Å². The van der Waals surface area contributed by atoms with Gasteiger partial charge in [-0.3, -0.25) is 9.69 Å². The first-order valence-electron chi connectivity index (χ1n) is 8.02. The van der Waals surface area contributed by atoms with Gasteiger partial charge in [-0.15, -0.1) is 0 Å². The predicted octanol–water partition coefficient (Wildman–Crippen LogP) is 1.47. The molecule has 0 radical (unpaired) electrons. The average Bonchev–Trinajstić information content (AvgIpc) is 2.44. The molecule has 1 aliphatic carbocycles. The van der Waals surface area contributed by atoms with Crippen molar-refractivity contribution in [3.63, 3.8) is 0 Å². The van der Waals surface area contributed by atoms with Gasteiger partial charge in [-0.25, -0.2) is 0 Å². The number of piperidine rings is 1. The molecule has 0 atom stereocenters. The van der Waals surface area contributed by atoms with E-state index in [1.54, 1.807) is 0 Å². The highest BCUT2D eigenvalue weighted by Crippen LogP contribution is 2.37. The number of nitrogens with one attached hydrogen (secondary N) is 1. The molecule has 3 N–H and O–H groups in total. The SMILES string of the molecule is NC(=O)CN1CCC(NC2CC(c3ccccc3)C2)CC1. The minimum absolute atomic E-state index is 0.217. The first kappa shape index (κ1) is 14.5. The lowest BCUT2D eigenvalue weighted by atomic mass is 9.75. The highest BCUT2D eigenvalue weighted by Gasteiger charge is 2.32. The van der Waals surface area contributed by atoms with Gasteiger partial charge in [-0.05, 0) is 37.2 Å². The molecule has 1 aliphatic heterocycles. The van der Waals surface area contributed by atoms with Gasteiger partial charge in [0.25, 0.3) is 0 Å². The first-order chi connectivity index (χ1) is 10.2. The standard InChI is InChI=1S/C17H25N3O/c18-17(21)12-20-8-6-15(7-9-20)19-16-10-14(11-16)13-4-2-1-3-5-13/h1-5,14-16,19H,6-12H2,(H2,18,21). The lowest BCUT2D eigenvalue weighted by Gasteiger charge is -2.41. The van der Waals surface area contributed by atoms with Crippen molar-refractivity contribution < 1.29 is 4.79 Å². The van der Waals surface area contributed by atoms with Crippen molar-refractivity contribution in [3.05, 3.63) is 35.9 Å². The molecule has 4 heteroatoms. The van der Waals surface area contributed by atoms with Gasteiger partial charge < -0.3 is 11.1 Å². The summed E-state index contributed by atoms with van der Waals surface area (Å²) in [5, 5.41) is 3.79. The van der Waals surface area contributed by atoms with E-state index in [1.165, 1.54) is 18.4 Å². The summed E-state index contributed by atoms with van der Waals surface area (Å²) < 4.78 is 0. The second kappa shape index (κ2) is 6.58. The fourth-order valence-electron chi connectivity index (χ4n) is 3.56. The number of carbonyl (C=O) groups is 1. The molecule has 21 heavy (non-hydrogen) atoms. The lowest BCUT2D eigenvalue weighted by molar-refractivity contribution is -0.119. The van der Waals surface area contributed by atoms with Gasteiger partial charge in [0.1, 0.15) is 0 Å². The maximum atomic E-state index is 10.9. The van der Waals surface area contributed by atoms with Crippen molar-refractivity contribution in [2.24, 2.45) is 5.73 Å². The maximum absolute atomic E-state index is 10.9. The highest BCUT2D eigenvalue weighted by atomic mass is 16.1. The van der Waals surface area contributed by atoms with E-state index in [1.807, 2.05) is 0 Å². The van der Waals surface area contributed by atoms with Crippen LogP contribution in [0.5, 0.6) is 0 Å². The average molecular weight is 287 g/mol. The predicted molar refractivity (Wildman–Crippen MR) is 84.0 cm³/mol. The zero-order valence-electron chi connectivity index (χ0n) is 12.5. The molecule has 0 unspecified atom stereocenters. The Balaban J connectivity index is 1.37. The quantitative estimate of drug-likeness (QED) is 0.862. The molecular weight excluding hydrogens is 262 g/mol. The van der Waals surface area contributed by atoms with Crippen LogP contribution in [0.4, 0.5) is 0 Å². The number of amides is 1. The smallest absolute Gasteiger partial charge is 0.231 e. The van der Waals surface area contributed by atoms with Gasteiger partial charge in [0.15, 0.2) is 0 Å². The monoisotopic (exact) mass is 287 g/mol. The lowest BCUT2D eigenvalue weighted by Crippen LogP contribution is -2.50. The number of hydrogen-bond acceptors (Lipinski definition) is 3. The summed E-state index contributed by atoms with van der Waals surface area (Å²) in [5.74, 6) is 0.518. The third-order valence-electron chi connectivity index (χ3n) is 4.85. The molecule has 4 nitrogen and oxygen atoms in total. The van der Waals surface area contributed by atoms with Gasteiger partial charge in [0, 0.05) is 25.2 Å². The fraction of sp³-hybridized carbons (Fsp3) is 0.588. The van der Waals surface area contributed by atoms with Crippen molar-refractivity contribution in [1.82, 2.24) is 10.2 Å². The third-order valence-corrected chi connectivity index (χ3v) is 4.85. The summed E-state index contributed by atoms with van der Waals surface area (Å²) >= 11 is 0. The van der Waals surface area contributed by atoms with Gasteiger partial charge in [0.05, 0.1) is 6.54 Å². The minimum atomic E-state index is -0.217. The first-order valence-corrected chi connectivity index (χ1v) is 8.02. The number of carbonyl (C=O) groups excluding carboxylic acids is 1. The maximum Gasteiger partial charge on any atom is 0.231 e. The third kappa shape index (κ3) is 3.83. The Morgan fingerprint density at radius 2 is 1.81 bits per heavy atom. The van der Waals surface area contributed by atoms with Crippen molar-refractivity contribution in [1.29, 1.82) is 0 Å². The fourth-order valence-corrected chi connectivity index (χ4v) is 3.56. The molecule has 2 fully saturated rings. The molecule has 1 saturated carbocycles. The Bertz CT molecular complexity index is 462. The summed E-state index contributed by atoms with van der Waals surface area (Å²) in [5.41, 5.74) is 6.72. The summed E-state index contributed by atoms with van der Waals surface area (Å²) in [4.78, 5) is 13.1. The summed E-state index contributed by atoms with van der Waals surface area (Å²) in [7, 11) is 0. The molecule has 1 aromatic carbocycles. The van der Waals surface area contributed by atoms with Crippen LogP contribution in [0.1, 0.15) is 37.2 Å². The Morgan fingerprint density at radius 3 is 2.43 bits per heavy atom. The number of benzene rings is 1. The number of rotatable bonds is 5. The molecule has 0 aromatic heterocycles. The van der Waals surface area contributed by atoms with Crippen LogP contribution in [-0.2, 0) is 4.79 Å². The molecule has 1 saturated heterocycles. The van der Waals surface area contributed by atoms with Crippen molar-refractivity contribution in [2.75, 3.05) is 19.6 Å². The van der Waals surface area contributed by atoms with E-state index in [-0.39, 0.29) is 5.91 Å². The molecule has 2 aliphatic rings. The Labute approximate surface area is 126 Å². The Morgan fingerprint density at radius 1 is 1.14 bits per heavy atom. The Kier molecular flexibility index (Phi) is 4.56. The number of nitrogens with two attached hydrogens (primary N) is 1. The molecule has 1 heterocycles. The van der Waals surface area contributed by atoms with Crippen LogP contribution in [-0.4, -0.2) is 42.5 Å². The van der Waals surface area contributed by atoms with Crippen molar-refractivity contribution >= 4 is 5.91 Å². The van der Waals surface area contributed by atoms with Crippen LogP contribution in [0.3, 0.4) is 0 Å². The molecule has 0 spiro atoms. The zero-order valence-corrected chi connectivity index (χ0v) is 12.5. The van der Waals surface area contributed by atoms with E-state index in [0.717, 1.165) is 31.8 Å². The second-order valence-electron chi connectivity index (χ2n) is 6.46. The molecular formula is C17H25N3O. The Hall–Kier alpha value is -1.39. The van der Waals surface area contributed by atoms with Crippen LogP contribution < -0.4 is 11.1 Å². The molecule has 0 bridgehead atoms. The zero-order chi connectivity index (χ0) is 14.7. The molecule has 1 aromatic rings. The van der Waals surface area contributed by atoms with Gasteiger partial charge in [-0.1, -0.05) is 30.3 Å². The minimum Gasteiger partial charge on any atom is -0.369 e. The van der Waals surface area contributed by atoms with E-state index >= 15 is 0 Å². The highest BCUT2D eigenvalue weighted by molar-refractivity contribution is 5.75. The van der Waals surface area contributed by atoms with Crippen LogP contribution in [0.15, 0.2) is 30.3 Å². The van der Waals surface area contributed by atoms with E-state index in [2.05, 4.69) is 40.5 Å². The topological polar surface area (TPSA) is 58.4 Å². The number of likely N-dealkylation sites (tertiary alicyclic amines) is 1. The van der Waals surface area contributed by atoms with E-state index in [0.29, 0.717) is 18.6 Å². The van der Waals surface area contributed by atoms with E-state index < -0.39 is 0 Å². The van der Waals surface area contributed by atoms with Crippen LogP contribution >= 0.6 is 0 Å². The van der Waals surface area contributed by atoms with Gasteiger partial charge >= 0.3 is 0 Å². The largest absolute Gasteiger partial charge is 0.369 e. The number of primary amides is 1. The molecule has 3 rings (SSSR count). The van der Waals surface area contributed by atoms with Crippen molar-refractivity contribution in [3.8, 4) is 0 Å². The van der Waals surface area contributed by atoms with Gasteiger partial charge in [0.2, 0.25) is 5.91 Å². The molecule has 1 amide bonds. The normalized spacial score (nSPS) is 27.2.